The van der Waals surface area contributed by atoms with Gasteiger partial charge in [0.25, 0.3) is 0 Å². The van der Waals surface area contributed by atoms with Crippen molar-refractivity contribution in [2.45, 2.75) is 71.6 Å². The van der Waals surface area contributed by atoms with Crippen LogP contribution in [0.4, 0.5) is 5.82 Å². The Morgan fingerprint density at radius 3 is 2.47 bits per heavy atom. The Balaban J connectivity index is 2.34. The van der Waals surface area contributed by atoms with Crippen LogP contribution in [0.5, 0.6) is 0 Å². The quantitative estimate of drug-likeness (QED) is 0.854. The summed E-state index contributed by atoms with van der Waals surface area (Å²) in [6.07, 6.45) is 6.30. The maximum absolute atomic E-state index is 4.85. The molecule has 0 bridgehead atoms. The molecule has 106 valence electrons. The minimum Gasteiger partial charge on any atom is -0.370 e. The van der Waals surface area contributed by atoms with Crippen LogP contribution in [0.3, 0.4) is 0 Å². The lowest BCUT2D eigenvalue weighted by Crippen LogP contribution is -2.13. The van der Waals surface area contributed by atoms with Gasteiger partial charge in [0.05, 0.1) is 0 Å². The number of aryl methyl sites for hydroxylation is 1. The number of hydrogen-bond acceptors (Lipinski definition) is 3. The zero-order valence-corrected chi connectivity index (χ0v) is 12.8. The summed E-state index contributed by atoms with van der Waals surface area (Å²) >= 11 is 0. The van der Waals surface area contributed by atoms with E-state index >= 15 is 0 Å². The van der Waals surface area contributed by atoms with Crippen molar-refractivity contribution in [3.63, 3.8) is 0 Å². The third-order valence-corrected chi connectivity index (χ3v) is 3.99. The Hall–Kier alpha value is -1.12. The van der Waals surface area contributed by atoms with Crippen LogP contribution in [0.15, 0.2) is 0 Å². The smallest absolute Gasteiger partial charge is 0.134 e. The first-order valence-electron chi connectivity index (χ1n) is 7.75. The lowest BCUT2D eigenvalue weighted by molar-refractivity contribution is 0.657. The minimum atomic E-state index is 0.469. The number of nitrogens with zero attached hydrogens (tertiary/aromatic N) is 2. The Bertz CT molecular complexity index is 420. The van der Waals surface area contributed by atoms with Gasteiger partial charge in [-0.25, -0.2) is 9.97 Å². The van der Waals surface area contributed by atoms with Gasteiger partial charge >= 0.3 is 0 Å². The second kappa shape index (κ2) is 6.36. The molecule has 1 aliphatic carbocycles. The van der Waals surface area contributed by atoms with Crippen molar-refractivity contribution in [2.75, 3.05) is 11.9 Å². The molecule has 3 heteroatoms. The maximum atomic E-state index is 4.85. The SMILES string of the molecule is CCCNc1nc(C2CCCC2)nc(C)c1C(C)C. The van der Waals surface area contributed by atoms with Crippen LogP contribution < -0.4 is 5.32 Å². The molecule has 0 spiro atoms. The van der Waals surface area contributed by atoms with E-state index < -0.39 is 0 Å². The lowest BCUT2D eigenvalue weighted by atomic mass is 10.0. The summed E-state index contributed by atoms with van der Waals surface area (Å²) in [5.74, 6) is 3.20. The molecule has 2 rings (SSSR count). The molecule has 0 atom stereocenters. The van der Waals surface area contributed by atoms with E-state index in [0.717, 1.165) is 30.3 Å². The Kier molecular flexibility index (Phi) is 4.78. The number of hydrogen-bond donors (Lipinski definition) is 1. The zero-order valence-electron chi connectivity index (χ0n) is 12.8. The molecule has 1 aliphatic rings. The predicted octanol–water partition coefficient (Wildman–Crippen LogP) is 4.39. The largest absolute Gasteiger partial charge is 0.370 e. The summed E-state index contributed by atoms with van der Waals surface area (Å²) in [5, 5.41) is 3.50. The molecule has 0 saturated heterocycles. The molecule has 1 aromatic heterocycles. The second-order valence-corrected chi connectivity index (χ2v) is 5.99. The summed E-state index contributed by atoms with van der Waals surface area (Å²) in [4.78, 5) is 9.65. The van der Waals surface area contributed by atoms with E-state index in [-0.39, 0.29) is 0 Å². The van der Waals surface area contributed by atoms with Gasteiger partial charge in [-0.15, -0.1) is 0 Å². The number of nitrogens with one attached hydrogen (secondary N) is 1. The fourth-order valence-electron chi connectivity index (χ4n) is 3.04. The standard InChI is InChI=1S/C16H27N3/c1-5-10-17-16-14(11(2)3)12(4)18-15(19-16)13-8-6-7-9-13/h11,13H,5-10H2,1-4H3,(H,17,18,19). The molecule has 0 radical (unpaired) electrons. The molecule has 19 heavy (non-hydrogen) atoms. The van der Waals surface area contributed by atoms with Crippen LogP contribution in [0.25, 0.3) is 0 Å². The van der Waals surface area contributed by atoms with Gasteiger partial charge in [-0.1, -0.05) is 33.6 Å². The van der Waals surface area contributed by atoms with Crippen molar-refractivity contribution in [1.82, 2.24) is 9.97 Å². The second-order valence-electron chi connectivity index (χ2n) is 5.99. The van der Waals surface area contributed by atoms with Crippen LogP contribution in [0.2, 0.25) is 0 Å². The van der Waals surface area contributed by atoms with Gasteiger partial charge in [0.2, 0.25) is 0 Å². The van der Waals surface area contributed by atoms with Crippen LogP contribution in [-0.4, -0.2) is 16.5 Å². The van der Waals surface area contributed by atoms with Crippen molar-refractivity contribution < 1.29 is 0 Å². The Morgan fingerprint density at radius 2 is 1.89 bits per heavy atom. The summed E-state index contributed by atoms with van der Waals surface area (Å²) < 4.78 is 0. The van der Waals surface area contributed by atoms with E-state index in [0.29, 0.717) is 11.8 Å². The summed E-state index contributed by atoms with van der Waals surface area (Å²) in [6.45, 7) is 9.75. The average molecular weight is 261 g/mol. The van der Waals surface area contributed by atoms with Gasteiger partial charge in [0.1, 0.15) is 11.6 Å². The number of rotatable bonds is 5. The molecule has 1 aromatic rings. The van der Waals surface area contributed by atoms with Gasteiger partial charge in [0.15, 0.2) is 0 Å². The molecule has 1 N–H and O–H groups in total. The van der Waals surface area contributed by atoms with Crippen molar-refractivity contribution in [3.05, 3.63) is 17.1 Å². The fraction of sp³-hybridized carbons (Fsp3) is 0.750. The van der Waals surface area contributed by atoms with Gasteiger partial charge in [0, 0.05) is 23.7 Å². The first kappa shape index (κ1) is 14.3. The van der Waals surface area contributed by atoms with Crippen molar-refractivity contribution in [2.24, 2.45) is 0 Å². The highest BCUT2D eigenvalue weighted by Crippen LogP contribution is 2.34. The fourth-order valence-corrected chi connectivity index (χ4v) is 3.04. The molecule has 0 aromatic carbocycles. The molecule has 0 aliphatic heterocycles. The highest BCUT2D eigenvalue weighted by atomic mass is 15.0. The predicted molar refractivity (Wildman–Crippen MR) is 80.8 cm³/mol. The number of anilines is 1. The van der Waals surface area contributed by atoms with Gasteiger partial charge < -0.3 is 5.32 Å². The van der Waals surface area contributed by atoms with E-state index in [1.807, 2.05) is 0 Å². The zero-order chi connectivity index (χ0) is 13.8. The van der Waals surface area contributed by atoms with E-state index in [1.165, 1.54) is 31.2 Å². The highest BCUT2D eigenvalue weighted by Gasteiger charge is 2.22. The summed E-state index contributed by atoms with van der Waals surface area (Å²) in [5.41, 5.74) is 2.45. The topological polar surface area (TPSA) is 37.8 Å². The van der Waals surface area contributed by atoms with Crippen LogP contribution in [0.1, 0.15) is 81.8 Å². The van der Waals surface area contributed by atoms with E-state index in [4.69, 9.17) is 9.97 Å². The molecular weight excluding hydrogens is 234 g/mol. The maximum Gasteiger partial charge on any atom is 0.134 e. The van der Waals surface area contributed by atoms with Gasteiger partial charge in [-0.3, -0.25) is 0 Å². The molecule has 1 saturated carbocycles. The molecule has 0 amide bonds. The number of aromatic nitrogens is 2. The van der Waals surface area contributed by atoms with Crippen molar-refractivity contribution in [1.29, 1.82) is 0 Å². The van der Waals surface area contributed by atoms with Gasteiger partial charge in [-0.2, -0.15) is 0 Å². The molecule has 1 fully saturated rings. The first-order valence-corrected chi connectivity index (χ1v) is 7.75. The molecule has 1 heterocycles. The van der Waals surface area contributed by atoms with E-state index in [9.17, 15) is 0 Å². The average Bonchev–Trinajstić information content (AvgIpc) is 2.88. The lowest BCUT2D eigenvalue weighted by Gasteiger charge is -2.19. The Morgan fingerprint density at radius 1 is 1.21 bits per heavy atom. The van der Waals surface area contributed by atoms with E-state index in [1.54, 1.807) is 0 Å². The molecular formula is C16H27N3. The third-order valence-electron chi connectivity index (χ3n) is 3.99. The molecule has 3 nitrogen and oxygen atoms in total. The highest BCUT2D eigenvalue weighted by molar-refractivity contribution is 5.48. The monoisotopic (exact) mass is 261 g/mol. The van der Waals surface area contributed by atoms with Crippen LogP contribution in [-0.2, 0) is 0 Å². The molecule has 0 unspecified atom stereocenters. The van der Waals surface area contributed by atoms with Crippen molar-refractivity contribution in [3.8, 4) is 0 Å². The minimum absolute atomic E-state index is 0.469. The van der Waals surface area contributed by atoms with Crippen molar-refractivity contribution >= 4 is 5.82 Å². The Labute approximate surface area is 117 Å². The first-order chi connectivity index (χ1) is 9.13. The third kappa shape index (κ3) is 3.26. The van der Waals surface area contributed by atoms with Crippen LogP contribution >= 0.6 is 0 Å². The van der Waals surface area contributed by atoms with Crippen LogP contribution in [0, 0.1) is 6.92 Å². The van der Waals surface area contributed by atoms with E-state index in [2.05, 4.69) is 33.0 Å². The summed E-state index contributed by atoms with van der Waals surface area (Å²) in [7, 11) is 0. The summed E-state index contributed by atoms with van der Waals surface area (Å²) in [6, 6.07) is 0. The normalized spacial score (nSPS) is 16.3. The van der Waals surface area contributed by atoms with Gasteiger partial charge in [-0.05, 0) is 32.1 Å².